The second kappa shape index (κ2) is 2.44. The van der Waals surface area contributed by atoms with E-state index in [4.69, 9.17) is 4.42 Å². The fourth-order valence-corrected chi connectivity index (χ4v) is 0.964. The summed E-state index contributed by atoms with van der Waals surface area (Å²) in [6, 6.07) is 0. The molecule has 0 aliphatic heterocycles. The number of aromatic nitrogens is 3. The zero-order chi connectivity index (χ0) is 8.55. The number of H-pyrrole nitrogens is 1. The molecule has 12 heavy (non-hydrogen) atoms. The largest absolute Gasteiger partial charge is 0.418 e. The Hall–Kier alpha value is -1.65. The van der Waals surface area contributed by atoms with Crippen LogP contribution in [0.2, 0.25) is 0 Å². The van der Waals surface area contributed by atoms with E-state index in [1.165, 1.54) is 6.20 Å². The molecule has 2 rings (SSSR count). The van der Waals surface area contributed by atoms with Gasteiger partial charge in [0.15, 0.2) is 11.2 Å². The molecule has 0 unspecified atom stereocenters. The van der Waals surface area contributed by atoms with Crippen LogP contribution < -0.4 is 5.76 Å². The molecule has 2 heterocycles. The second-order valence-electron chi connectivity index (χ2n) is 2.37. The highest BCUT2D eigenvalue weighted by Crippen LogP contribution is 2.04. The van der Waals surface area contributed by atoms with E-state index in [1.807, 2.05) is 6.92 Å². The van der Waals surface area contributed by atoms with Crippen molar-refractivity contribution in [3.63, 3.8) is 0 Å². The van der Waals surface area contributed by atoms with Gasteiger partial charge in [0, 0.05) is 6.42 Å². The molecule has 0 radical (unpaired) electrons. The van der Waals surface area contributed by atoms with Gasteiger partial charge in [0.05, 0.1) is 6.20 Å². The third kappa shape index (κ3) is 0.990. The normalized spacial score (nSPS) is 10.8. The molecule has 0 bridgehead atoms. The van der Waals surface area contributed by atoms with E-state index in [0.29, 0.717) is 17.1 Å². The SMILES string of the molecule is CCc1ncc2oc(=O)[nH]c2n1. The molecule has 2 aromatic rings. The summed E-state index contributed by atoms with van der Waals surface area (Å²) in [6.45, 7) is 1.94. The lowest BCUT2D eigenvalue weighted by Gasteiger charge is -1.90. The predicted octanol–water partition coefficient (Wildman–Crippen LogP) is 0.473. The van der Waals surface area contributed by atoms with E-state index in [1.54, 1.807) is 0 Å². The molecule has 5 nitrogen and oxygen atoms in total. The van der Waals surface area contributed by atoms with Crippen molar-refractivity contribution in [2.75, 3.05) is 0 Å². The number of aryl methyl sites for hydroxylation is 1. The highest BCUT2D eigenvalue weighted by Gasteiger charge is 2.02. The van der Waals surface area contributed by atoms with Gasteiger partial charge in [0.1, 0.15) is 5.82 Å². The van der Waals surface area contributed by atoms with Gasteiger partial charge in [-0.05, 0) is 0 Å². The van der Waals surface area contributed by atoms with Crippen LogP contribution >= 0.6 is 0 Å². The minimum atomic E-state index is -0.493. The Kier molecular flexibility index (Phi) is 1.43. The highest BCUT2D eigenvalue weighted by molar-refractivity contribution is 5.65. The van der Waals surface area contributed by atoms with E-state index in [2.05, 4.69) is 15.0 Å². The van der Waals surface area contributed by atoms with Crippen LogP contribution in [-0.4, -0.2) is 15.0 Å². The van der Waals surface area contributed by atoms with Crippen molar-refractivity contribution in [3.05, 3.63) is 22.6 Å². The van der Waals surface area contributed by atoms with Crippen molar-refractivity contribution in [1.82, 2.24) is 15.0 Å². The number of aromatic amines is 1. The van der Waals surface area contributed by atoms with E-state index >= 15 is 0 Å². The Morgan fingerprint density at radius 2 is 2.50 bits per heavy atom. The van der Waals surface area contributed by atoms with Gasteiger partial charge in [-0.2, -0.15) is 0 Å². The molecule has 0 saturated carbocycles. The van der Waals surface area contributed by atoms with Gasteiger partial charge < -0.3 is 4.42 Å². The molecule has 0 spiro atoms. The average Bonchev–Trinajstić information content (AvgIpc) is 2.43. The number of hydrogen-bond donors (Lipinski definition) is 1. The lowest BCUT2D eigenvalue weighted by Crippen LogP contribution is -1.95. The predicted molar refractivity (Wildman–Crippen MR) is 41.8 cm³/mol. The molecule has 0 aliphatic rings. The van der Waals surface area contributed by atoms with Crippen molar-refractivity contribution >= 4 is 11.2 Å². The lowest BCUT2D eigenvalue weighted by molar-refractivity contribution is 0.554. The van der Waals surface area contributed by atoms with Gasteiger partial charge >= 0.3 is 5.76 Å². The summed E-state index contributed by atoms with van der Waals surface area (Å²) < 4.78 is 4.73. The van der Waals surface area contributed by atoms with Gasteiger partial charge in [-0.25, -0.2) is 14.8 Å². The number of oxazole rings is 1. The third-order valence-electron chi connectivity index (χ3n) is 1.54. The molecule has 0 aliphatic carbocycles. The fraction of sp³-hybridized carbons (Fsp3) is 0.286. The average molecular weight is 165 g/mol. The smallest absolute Gasteiger partial charge is 0.404 e. The van der Waals surface area contributed by atoms with Gasteiger partial charge in [-0.1, -0.05) is 6.92 Å². The molecule has 62 valence electrons. The van der Waals surface area contributed by atoms with E-state index in [-0.39, 0.29) is 0 Å². The maximum absolute atomic E-state index is 10.7. The van der Waals surface area contributed by atoms with Crippen LogP contribution in [0.3, 0.4) is 0 Å². The Labute approximate surface area is 67.5 Å². The zero-order valence-electron chi connectivity index (χ0n) is 6.50. The summed E-state index contributed by atoms with van der Waals surface area (Å²) in [5, 5.41) is 0. The van der Waals surface area contributed by atoms with Crippen LogP contribution in [0, 0.1) is 0 Å². The topological polar surface area (TPSA) is 71.8 Å². The van der Waals surface area contributed by atoms with Crippen LogP contribution in [0.25, 0.3) is 11.2 Å². The van der Waals surface area contributed by atoms with Crippen molar-refractivity contribution in [2.45, 2.75) is 13.3 Å². The summed E-state index contributed by atoms with van der Waals surface area (Å²) in [6.07, 6.45) is 2.24. The fourth-order valence-electron chi connectivity index (χ4n) is 0.964. The number of hydrogen-bond acceptors (Lipinski definition) is 4. The first-order valence-corrected chi connectivity index (χ1v) is 3.64. The molecule has 0 amide bonds. The maximum atomic E-state index is 10.7. The van der Waals surface area contributed by atoms with Gasteiger partial charge in [-0.15, -0.1) is 0 Å². The van der Waals surface area contributed by atoms with Gasteiger partial charge in [0.2, 0.25) is 0 Å². The summed E-state index contributed by atoms with van der Waals surface area (Å²) in [7, 11) is 0. The van der Waals surface area contributed by atoms with Crippen LogP contribution in [-0.2, 0) is 6.42 Å². The van der Waals surface area contributed by atoms with Crippen LogP contribution in [0.4, 0.5) is 0 Å². The van der Waals surface area contributed by atoms with Gasteiger partial charge in [0.25, 0.3) is 0 Å². The second-order valence-corrected chi connectivity index (χ2v) is 2.37. The van der Waals surface area contributed by atoms with Gasteiger partial charge in [-0.3, -0.25) is 4.98 Å². The van der Waals surface area contributed by atoms with Crippen molar-refractivity contribution in [2.24, 2.45) is 0 Å². The quantitative estimate of drug-likeness (QED) is 0.666. The molecular formula is C7H7N3O2. The molecule has 2 aromatic heterocycles. The minimum absolute atomic E-state index is 0.400. The van der Waals surface area contributed by atoms with Crippen molar-refractivity contribution in [3.8, 4) is 0 Å². The Morgan fingerprint density at radius 3 is 3.25 bits per heavy atom. The maximum Gasteiger partial charge on any atom is 0.418 e. The minimum Gasteiger partial charge on any atom is -0.404 e. The molecule has 5 heteroatoms. The zero-order valence-corrected chi connectivity index (χ0v) is 6.50. The summed E-state index contributed by atoms with van der Waals surface area (Å²) in [5.41, 5.74) is 0.865. The van der Waals surface area contributed by atoms with E-state index in [9.17, 15) is 4.79 Å². The number of fused-ring (bicyclic) bond motifs is 1. The third-order valence-corrected chi connectivity index (χ3v) is 1.54. The van der Waals surface area contributed by atoms with Crippen LogP contribution in [0.15, 0.2) is 15.4 Å². The van der Waals surface area contributed by atoms with Crippen molar-refractivity contribution in [1.29, 1.82) is 0 Å². The highest BCUT2D eigenvalue weighted by atomic mass is 16.4. The molecule has 0 atom stereocenters. The van der Waals surface area contributed by atoms with Crippen LogP contribution in [0.1, 0.15) is 12.7 Å². The molecular weight excluding hydrogens is 158 g/mol. The summed E-state index contributed by atoms with van der Waals surface area (Å²) in [5.74, 6) is 0.201. The first-order valence-electron chi connectivity index (χ1n) is 3.64. The summed E-state index contributed by atoms with van der Waals surface area (Å²) in [4.78, 5) is 21.2. The molecule has 0 saturated heterocycles. The lowest BCUT2D eigenvalue weighted by atomic mass is 10.4. The molecule has 0 aromatic carbocycles. The first-order chi connectivity index (χ1) is 5.79. The van der Waals surface area contributed by atoms with Crippen LogP contribution in [0.5, 0.6) is 0 Å². The first kappa shape index (κ1) is 7.02. The Balaban J connectivity index is 2.74. The molecule has 0 fully saturated rings. The molecule has 1 N–H and O–H groups in total. The Bertz CT molecular complexity index is 457. The number of nitrogens with zero attached hydrogens (tertiary/aromatic N) is 2. The Morgan fingerprint density at radius 1 is 1.67 bits per heavy atom. The monoisotopic (exact) mass is 165 g/mol. The number of nitrogens with one attached hydrogen (secondary N) is 1. The number of rotatable bonds is 1. The van der Waals surface area contributed by atoms with E-state index in [0.717, 1.165) is 6.42 Å². The van der Waals surface area contributed by atoms with Crippen molar-refractivity contribution < 1.29 is 4.42 Å². The van der Waals surface area contributed by atoms with E-state index < -0.39 is 5.76 Å². The standard InChI is InChI=1S/C7H7N3O2/c1-2-5-8-3-4-6(9-5)10-7(11)12-4/h3H,2H2,1H3,(H,8,9,10,11). The summed E-state index contributed by atoms with van der Waals surface area (Å²) >= 11 is 0.